The van der Waals surface area contributed by atoms with Crippen molar-refractivity contribution in [1.29, 1.82) is 0 Å². The molecule has 0 aliphatic carbocycles. The summed E-state index contributed by atoms with van der Waals surface area (Å²) in [5, 5.41) is 1.64. The largest absolute Gasteiger partial charge is 0.379 e. The molecule has 0 aromatic heterocycles. The van der Waals surface area contributed by atoms with Crippen LogP contribution < -0.4 is 10.6 Å². The Balaban J connectivity index is 2.27. The van der Waals surface area contributed by atoms with E-state index in [-0.39, 0.29) is 10.7 Å². The molecule has 0 saturated heterocycles. The number of amides is 3. The van der Waals surface area contributed by atoms with Gasteiger partial charge in [0.05, 0.1) is 22.2 Å². The van der Waals surface area contributed by atoms with Crippen LogP contribution in [0.3, 0.4) is 0 Å². The minimum absolute atomic E-state index is 0.179. The molecule has 2 N–H and O–H groups in total. The Bertz CT molecular complexity index is 832. The molecule has 1 unspecified atom stereocenters. The number of carbonyl (C=O) groups excluding carboxylic acids is 2. The van der Waals surface area contributed by atoms with Crippen LogP contribution in [0.4, 0.5) is 14.9 Å². The number of nitrogens with zero attached hydrogens (tertiary/aromatic N) is 1. The van der Waals surface area contributed by atoms with Crippen LogP contribution in [0.25, 0.3) is 0 Å². The van der Waals surface area contributed by atoms with Gasteiger partial charge in [0.25, 0.3) is 5.91 Å². The molecule has 0 saturated carbocycles. The fourth-order valence-corrected chi connectivity index (χ4v) is 4.62. The number of hydrogen-bond donors (Lipinski definition) is 1. The number of fused-ring (bicyclic) bond motifs is 1. The van der Waals surface area contributed by atoms with E-state index in [1.54, 1.807) is 13.2 Å². The van der Waals surface area contributed by atoms with Crippen LogP contribution in [0, 0.1) is 5.82 Å². The second kappa shape index (κ2) is 5.92. The van der Waals surface area contributed by atoms with Crippen LogP contribution in [0.15, 0.2) is 34.6 Å². The summed E-state index contributed by atoms with van der Waals surface area (Å²) >= 11 is 5.78. The summed E-state index contributed by atoms with van der Waals surface area (Å²) in [6.07, 6.45) is 3.64. The molecule has 1 atom stereocenters. The maximum atomic E-state index is 13.9. The Labute approximate surface area is 139 Å². The zero-order valence-corrected chi connectivity index (χ0v) is 13.6. The van der Waals surface area contributed by atoms with E-state index >= 15 is 0 Å². The van der Waals surface area contributed by atoms with Gasteiger partial charge in [0.1, 0.15) is 5.82 Å². The van der Waals surface area contributed by atoms with Crippen LogP contribution in [-0.2, 0) is 9.53 Å². The second-order valence-corrected chi connectivity index (χ2v) is 7.11. The highest BCUT2D eigenvalue weighted by Gasteiger charge is 2.39. The third-order valence-corrected chi connectivity index (χ3v) is 5.80. The zero-order valence-electron chi connectivity index (χ0n) is 12.0. The fraction of sp³-hybridized carbons (Fsp3) is 0.133. The van der Waals surface area contributed by atoms with Crippen LogP contribution >= 0.6 is 22.1 Å². The SMILES string of the molecule is COCC1=CC=CS1=C1C(=O)N(C(N)=O)c2cc(Cl)c(F)cc21. The van der Waals surface area contributed by atoms with Gasteiger partial charge in [0.15, 0.2) is 0 Å². The molecule has 1 aromatic carbocycles. The molecule has 0 spiro atoms. The summed E-state index contributed by atoms with van der Waals surface area (Å²) < 4.78 is 19.0. The predicted octanol–water partition coefficient (Wildman–Crippen LogP) is 2.75. The minimum Gasteiger partial charge on any atom is -0.379 e. The summed E-state index contributed by atoms with van der Waals surface area (Å²) in [4.78, 5) is 26.3. The third kappa shape index (κ3) is 2.50. The normalized spacial score (nSPS) is 20.9. The first-order valence-corrected chi connectivity index (χ1v) is 8.22. The number of benzene rings is 1. The number of nitrogens with two attached hydrogens (primary N) is 1. The molecule has 23 heavy (non-hydrogen) atoms. The number of imide groups is 1. The van der Waals surface area contributed by atoms with Crippen LogP contribution in [-0.4, -0.2) is 30.5 Å². The molecule has 2 aliphatic rings. The average Bonchev–Trinajstić information content (AvgIpc) is 3.02. The van der Waals surface area contributed by atoms with Crippen molar-refractivity contribution in [2.75, 3.05) is 18.6 Å². The molecule has 0 fully saturated rings. The van der Waals surface area contributed by atoms with Crippen molar-refractivity contribution >= 4 is 44.6 Å². The number of halogens is 2. The van der Waals surface area contributed by atoms with Gasteiger partial charge in [0.2, 0.25) is 0 Å². The van der Waals surface area contributed by atoms with Gasteiger partial charge >= 0.3 is 6.03 Å². The van der Waals surface area contributed by atoms with Crippen molar-refractivity contribution in [2.24, 2.45) is 5.73 Å². The van der Waals surface area contributed by atoms with Gasteiger partial charge < -0.3 is 10.5 Å². The highest BCUT2D eigenvalue weighted by molar-refractivity contribution is 8.23. The van der Waals surface area contributed by atoms with E-state index in [0.29, 0.717) is 17.0 Å². The van der Waals surface area contributed by atoms with E-state index in [9.17, 15) is 14.0 Å². The molecule has 1 aromatic rings. The number of allylic oxidation sites excluding steroid dienone is 2. The van der Waals surface area contributed by atoms with Crippen molar-refractivity contribution in [3.63, 3.8) is 0 Å². The third-order valence-electron chi connectivity index (χ3n) is 3.43. The number of anilines is 1. The van der Waals surface area contributed by atoms with Crippen LogP contribution in [0.1, 0.15) is 5.56 Å². The van der Waals surface area contributed by atoms with Gasteiger partial charge in [-0.15, -0.1) is 10.5 Å². The fourth-order valence-electron chi connectivity index (χ4n) is 2.50. The first kappa shape index (κ1) is 15.9. The molecular formula is C15H12ClFN2O3S. The highest BCUT2D eigenvalue weighted by atomic mass is 35.5. The summed E-state index contributed by atoms with van der Waals surface area (Å²) in [5.74, 6) is -1.22. The molecule has 8 heteroatoms. The predicted molar refractivity (Wildman–Crippen MR) is 89.3 cm³/mol. The van der Waals surface area contributed by atoms with E-state index < -0.39 is 28.2 Å². The number of rotatable bonds is 2. The Morgan fingerprint density at radius 1 is 1.48 bits per heavy atom. The summed E-state index contributed by atoms with van der Waals surface area (Å²) in [7, 11) is 0.826. The van der Waals surface area contributed by atoms with E-state index in [2.05, 4.69) is 0 Å². The molecule has 0 radical (unpaired) electrons. The number of carbonyl (C=O) groups is 2. The Morgan fingerprint density at radius 2 is 2.22 bits per heavy atom. The molecular weight excluding hydrogens is 343 g/mol. The lowest BCUT2D eigenvalue weighted by Crippen LogP contribution is -2.39. The summed E-state index contributed by atoms with van der Waals surface area (Å²) in [6, 6.07) is 1.47. The second-order valence-electron chi connectivity index (χ2n) is 4.82. The average molecular weight is 355 g/mol. The van der Waals surface area contributed by atoms with Gasteiger partial charge in [-0.3, -0.25) is 4.79 Å². The van der Waals surface area contributed by atoms with Crippen LogP contribution in [0.5, 0.6) is 0 Å². The summed E-state index contributed by atoms with van der Waals surface area (Å²) in [5.41, 5.74) is 5.84. The molecule has 2 heterocycles. The van der Waals surface area contributed by atoms with Gasteiger partial charge in [-0.05, 0) is 23.6 Å². The van der Waals surface area contributed by atoms with Crippen molar-refractivity contribution < 1.29 is 18.7 Å². The number of methoxy groups -OCH3 is 1. The lowest BCUT2D eigenvalue weighted by Gasteiger charge is -2.12. The molecule has 2 aliphatic heterocycles. The standard InChI is InChI=1S/C15H12ClFN2O3S/c1-22-7-8-3-2-4-23(8)13-9-5-11(17)10(16)6-12(9)19(14(13)20)15(18)21/h2-6H,7H2,1H3,(H2,18,21). The zero-order chi connectivity index (χ0) is 16.7. The monoisotopic (exact) mass is 354 g/mol. The van der Waals surface area contributed by atoms with Gasteiger partial charge in [-0.1, -0.05) is 17.7 Å². The number of urea groups is 1. The lowest BCUT2D eigenvalue weighted by molar-refractivity contribution is -0.111. The summed E-state index contributed by atoms with van der Waals surface area (Å²) in [6.45, 7) is 0.328. The van der Waals surface area contributed by atoms with E-state index in [1.165, 1.54) is 6.07 Å². The maximum absolute atomic E-state index is 13.9. The quantitative estimate of drug-likeness (QED) is 0.830. The number of ether oxygens (including phenoxy) is 1. The van der Waals surface area contributed by atoms with Crippen molar-refractivity contribution in [1.82, 2.24) is 0 Å². The molecule has 3 amide bonds. The Kier molecular flexibility index (Phi) is 4.09. The van der Waals surface area contributed by atoms with Gasteiger partial charge in [-0.2, -0.15) is 0 Å². The van der Waals surface area contributed by atoms with E-state index in [1.807, 2.05) is 11.5 Å². The Morgan fingerprint density at radius 3 is 2.87 bits per heavy atom. The van der Waals surface area contributed by atoms with Crippen LogP contribution in [0.2, 0.25) is 5.02 Å². The minimum atomic E-state index is -0.932. The topological polar surface area (TPSA) is 72.6 Å². The number of hydrogen-bond acceptors (Lipinski definition) is 3. The maximum Gasteiger partial charge on any atom is 0.326 e. The number of primary amides is 1. The Hall–Kier alpha value is -1.96. The molecule has 5 nitrogen and oxygen atoms in total. The van der Waals surface area contributed by atoms with E-state index in [4.69, 9.17) is 22.1 Å². The first-order valence-electron chi connectivity index (χ1n) is 6.55. The van der Waals surface area contributed by atoms with Crippen molar-refractivity contribution in [3.8, 4) is 0 Å². The van der Waals surface area contributed by atoms with Crippen molar-refractivity contribution in [3.05, 3.63) is 51.0 Å². The first-order chi connectivity index (χ1) is 11.0. The molecule has 0 bridgehead atoms. The lowest BCUT2D eigenvalue weighted by atomic mass is 10.1. The van der Waals surface area contributed by atoms with Gasteiger partial charge in [-0.25, -0.2) is 14.1 Å². The molecule has 120 valence electrons. The van der Waals surface area contributed by atoms with Crippen molar-refractivity contribution in [2.45, 2.75) is 0 Å². The molecule has 3 rings (SSSR count). The van der Waals surface area contributed by atoms with Gasteiger partial charge in [0, 0.05) is 17.6 Å². The highest BCUT2D eigenvalue weighted by Crippen LogP contribution is 2.42. The van der Waals surface area contributed by atoms with E-state index in [0.717, 1.165) is 15.9 Å². The smallest absolute Gasteiger partial charge is 0.326 e.